The molecule has 0 aliphatic heterocycles. The maximum Gasteiger partial charge on any atom is 0.258 e. The lowest BCUT2D eigenvalue weighted by Crippen LogP contribution is -2.38. The summed E-state index contributed by atoms with van der Waals surface area (Å²) in [5.41, 5.74) is -0.203. The summed E-state index contributed by atoms with van der Waals surface area (Å²) in [4.78, 5) is 23.3. The number of aliphatic hydroxyl groups is 1. The predicted octanol–water partition coefficient (Wildman–Crippen LogP) is 0.413. The molecule has 0 bridgehead atoms. The highest BCUT2D eigenvalue weighted by molar-refractivity contribution is 5.77. The molecule has 1 aromatic carbocycles. The number of ether oxygens (including phenoxy) is 2. The number of pyridine rings is 1. The first-order valence-electron chi connectivity index (χ1n) is 7.45. The van der Waals surface area contributed by atoms with Crippen molar-refractivity contribution in [1.82, 2.24) is 9.88 Å². The number of hydrogen-bond acceptors (Lipinski definition) is 5. The first-order chi connectivity index (χ1) is 11.6. The summed E-state index contributed by atoms with van der Waals surface area (Å²) in [5.74, 6) is 0.888. The van der Waals surface area contributed by atoms with Crippen LogP contribution in [0.3, 0.4) is 0 Å². The molecule has 1 aromatic heterocycles. The number of hydrogen-bond donors (Lipinski definition) is 2. The van der Waals surface area contributed by atoms with Crippen LogP contribution in [0.1, 0.15) is 0 Å². The maximum absolute atomic E-state index is 11.7. The lowest BCUT2D eigenvalue weighted by atomic mass is 10.3. The summed E-state index contributed by atoms with van der Waals surface area (Å²) in [5, 5.41) is 12.5. The van der Waals surface area contributed by atoms with E-state index in [9.17, 15) is 14.7 Å². The number of rotatable bonds is 8. The molecule has 7 heteroatoms. The number of carbonyl (C=O) groups is 1. The van der Waals surface area contributed by atoms with Crippen molar-refractivity contribution in [3.05, 3.63) is 59.0 Å². The van der Waals surface area contributed by atoms with Gasteiger partial charge >= 0.3 is 0 Å². The highest BCUT2D eigenvalue weighted by Crippen LogP contribution is 2.16. The Morgan fingerprint density at radius 3 is 2.58 bits per heavy atom. The zero-order chi connectivity index (χ0) is 17.4. The largest absolute Gasteiger partial charge is 0.497 e. The molecule has 2 aromatic rings. The third-order valence-corrected chi connectivity index (χ3v) is 3.27. The number of nitrogens with zero attached hydrogens (tertiary/aromatic N) is 1. The van der Waals surface area contributed by atoms with Gasteiger partial charge in [-0.3, -0.25) is 9.59 Å². The minimum Gasteiger partial charge on any atom is -0.497 e. The van der Waals surface area contributed by atoms with Crippen molar-refractivity contribution in [2.75, 3.05) is 20.3 Å². The van der Waals surface area contributed by atoms with E-state index in [0.717, 1.165) is 0 Å². The highest BCUT2D eigenvalue weighted by Gasteiger charge is 2.09. The lowest BCUT2D eigenvalue weighted by Gasteiger charge is -2.13. The van der Waals surface area contributed by atoms with Gasteiger partial charge in [0.25, 0.3) is 11.5 Å². The molecule has 0 saturated carbocycles. The Balaban J connectivity index is 1.72. The van der Waals surface area contributed by atoms with E-state index in [4.69, 9.17) is 9.47 Å². The molecule has 1 amide bonds. The fraction of sp³-hybridized carbons (Fsp3) is 0.294. The monoisotopic (exact) mass is 332 g/mol. The Morgan fingerprint density at radius 1 is 1.21 bits per heavy atom. The molecule has 128 valence electrons. The zero-order valence-electron chi connectivity index (χ0n) is 13.3. The number of methoxy groups -OCH3 is 1. The smallest absolute Gasteiger partial charge is 0.258 e. The Labute approximate surface area is 139 Å². The second-order valence-corrected chi connectivity index (χ2v) is 5.11. The van der Waals surface area contributed by atoms with Crippen molar-refractivity contribution < 1.29 is 19.4 Å². The van der Waals surface area contributed by atoms with Crippen LogP contribution in [0.2, 0.25) is 0 Å². The van der Waals surface area contributed by atoms with Crippen molar-refractivity contribution in [1.29, 1.82) is 0 Å². The quantitative estimate of drug-likeness (QED) is 0.731. The molecule has 0 saturated heterocycles. The predicted molar refractivity (Wildman–Crippen MR) is 88.2 cm³/mol. The Hall–Kier alpha value is -2.80. The minimum absolute atomic E-state index is 0.0339. The zero-order valence-corrected chi connectivity index (χ0v) is 13.3. The molecule has 0 aliphatic rings. The average Bonchev–Trinajstić information content (AvgIpc) is 2.60. The molecule has 0 aliphatic carbocycles. The number of benzene rings is 1. The first kappa shape index (κ1) is 17.6. The third-order valence-electron chi connectivity index (χ3n) is 3.27. The van der Waals surface area contributed by atoms with Crippen molar-refractivity contribution >= 4 is 5.91 Å². The van der Waals surface area contributed by atoms with E-state index in [2.05, 4.69) is 5.32 Å². The van der Waals surface area contributed by atoms with Crippen molar-refractivity contribution in [3.63, 3.8) is 0 Å². The van der Waals surface area contributed by atoms with Gasteiger partial charge in [-0.15, -0.1) is 0 Å². The number of aromatic nitrogens is 1. The summed E-state index contributed by atoms with van der Waals surface area (Å²) < 4.78 is 11.7. The molecule has 2 N–H and O–H groups in total. The van der Waals surface area contributed by atoms with Crippen LogP contribution in [-0.4, -0.2) is 41.9 Å². The molecule has 24 heavy (non-hydrogen) atoms. The van der Waals surface area contributed by atoms with Gasteiger partial charge in [0.2, 0.25) is 0 Å². The van der Waals surface area contributed by atoms with Gasteiger partial charge in [0.05, 0.1) is 19.8 Å². The van der Waals surface area contributed by atoms with Crippen LogP contribution < -0.4 is 20.3 Å². The van der Waals surface area contributed by atoms with Crippen LogP contribution in [0.25, 0.3) is 0 Å². The van der Waals surface area contributed by atoms with Gasteiger partial charge in [-0.25, -0.2) is 0 Å². The van der Waals surface area contributed by atoms with E-state index in [1.54, 1.807) is 49.7 Å². The van der Waals surface area contributed by atoms with E-state index in [0.29, 0.717) is 11.5 Å². The van der Waals surface area contributed by atoms with Gasteiger partial charge in [0, 0.05) is 18.8 Å². The molecule has 1 unspecified atom stereocenters. The van der Waals surface area contributed by atoms with E-state index in [1.807, 2.05) is 0 Å². The molecule has 0 radical (unpaired) electrons. The lowest BCUT2D eigenvalue weighted by molar-refractivity contribution is -0.123. The van der Waals surface area contributed by atoms with Crippen LogP contribution in [0, 0.1) is 0 Å². The van der Waals surface area contributed by atoms with Crippen LogP contribution in [0.5, 0.6) is 11.5 Å². The van der Waals surface area contributed by atoms with Crippen molar-refractivity contribution in [2.24, 2.45) is 0 Å². The van der Waals surface area contributed by atoms with E-state index >= 15 is 0 Å². The first-order valence-corrected chi connectivity index (χ1v) is 7.45. The average molecular weight is 332 g/mol. The topological polar surface area (TPSA) is 89.8 Å². The van der Waals surface area contributed by atoms with Gasteiger partial charge in [-0.2, -0.15) is 0 Å². The molecular formula is C17H20N2O5. The standard InChI is InChI=1S/C17H20N2O5/c1-23-14-5-7-15(8-6-14)24-12-16(21)18-10-13(20)11-19-9-3-2-4-17(19)22/h2-9,13,20H,10-12H2,1H3,(H,18,21). The molecule has 2 rings (SSSR count). The molecule has 1 heterocycles. The van der Waals surface area contributed by atoms with E-state index < -0.39 is 6.10 Å². The number of amides is 1. The van der Waals surface area contributed by atoms with Crippen LogP contribution >= 0.6 is 0 Å². The van der Waals surface area contributed by atoms with Crippen molar-refractivity contribution in [3.8, 4) is 11.5 Å². The van der Waals surface area contributed by atoms with Crippen LogP contribution in [-0.2, 0) is 11.3 Å². The SMILES string of the molecule is COc1ccc(OCC(=O)NCC(O)Cn2ccccc2=O)cc1. The molecule has 0 spiro atoms. The fourth-order valence-electron chi connectivity index (χ4n) is 2.01. The van der Waals surface area contributed by atoms with Gasteiger partial charge in [-0.05, 0) is 30.3 Å². The summed E-state index contributed by atoms with van der Waals surface area (Å²) in [6, 6.07) is 11.6. The number of nitrogens with one attached hydrogen (secondary N) is 1. The number of aliphatic hydroxyl groups excluding tert-OH is 1. The summed E-state index contributed by atoms with van der Waals surface area (Å²) in [6.07, 6.45) is 0.718. The van der Waals surface area contributed by atoms with Gasteiger partial charge in [-0.1, -0.05) is 6.07 Å². The molecular weight excluding hydrogens is 312 g/mol. The van der Waals surface area contributed by atoms with Gasteiger partial charge in [0.1, 0.15) is 11.5 Å². The Bertz CT molecular complexity index is 711. The minimum atomic E-state index is -0.866. The fourth-order valence-corrected chi connectivity index (χ4v) is 2.01. The van der Waals surface area contributed by atoms with E-state index in [-0.39, 0.29) is 31.2 Å². The highest BCUT2D eigenvalue weighted by atomic mass is 16.5. The van der Waals surface area contributed by atoms with Crippen LogP contribution in [0.4, 0.5) is 0 Å². The summed E-state index contributed by atoms with van der Waals surface area (Å²) >= 11 is 0. The molecule has 1 atom stereocenters. The summed E-state index contributed by atoms with van der Waals surface area (Å²) in [7, 11) is 1.57. The maximum atomic E-state index is 11.7. The summed E-state index contributed by atoms with van der Waals surface area (Å²) in [6.45, 7) is -0.0181. The Kier molecular flexibility index (Phi) is 6.39. The van der Waals surface area contributed by atoms with Gasteiger partial charge in [0.15, 0.2) is 6.61 Å². The van der Waals surface area contributed by atoms with E-state index in [1.165, 1.54) is 10.6 Å². The molecule has 0 fully saturated rings. The van der Waals surface area contributed by atoms with Crippen molar-refractivity contribution in [2.45, 2.75) is 12.6 Å². The second-order valence-electron chi connectivity index (χ2n) is 5.11. The third kappa shape index (κ3) is 5.44. The normalized spacial score (nSPS) is 11.6. The van der Waals surface area contributed by atoms with Crippen LogP contribution in [0.15, 0.2) is 53.5 Å². The number of carbonyl (C=O) groups excluding carboxylic acids is 1. The second kappa shape index (κ2) is 8.73. The molecule has 7 nitrogen and oxygen atoms in total. The Morgan fingerprint density at radius 2 is 1.92 bits per heavy atom. The van der Waals surface area contributed by atoms with Gasteiger partial charge < -0.3 is 24.5 Å².